The van der Waals surface area contributed by atoms with Gasteiger partial charge in [0.25, 0.3) is 0 Å². The lowest BCUT2D eigenvalue weighted by Gasteiger charge is -2.34. The molecule has 3 unspecified atom stereocenters. The predicted molar refractivity (Wildman–Crippen MR) is 129 cm³/mol. The molecule has 0 aliphatic carbocycles. The third-order valence-corrected chi connectivity index (χ3v) is 7.28. The van der Waals surface area contributed by atoms with E-state index in [0.717, 1.165) is 16.4 Å². The topological polar surface area (TPSA) is 84.9 Å². The number of amides is 2. The fraction of sp³-hybridized carbons (Fsp3) is 0.600. The van der Waals surface area contributed by atoms with Crippen LogP contribution in [0.15, 0.2) is 29.8 Å². The molecule has 2 aliphatic heterocycles. The molecule has 34 heavy (non-hydrogen) atoms. The molecule has 2 saturated heterocycles. The molecule has 3 atom stereocenters. The van der Waals surface area contributed by atoms with Gasteiger partial charge >= 0.3 is 0 Å². The molecule has 2 aromatic heterocycles. The second-order valence-corrected chi connectivity index (χ2v) is 10.5. The number of thiazole rings is 1. The minimum atomic E-state index is -0.308. The molecule has 2 aromatic rings. The van der Waals surface area contributed by atoms with Gasteiger partial charge in [-0.2, -0.15) is 0 Å². The van der Waals surface area contributed by atoms with Gasteiger partial charge in [0.2, 0.25) is 11.8 Å². The van der Waals surface area contributed by atoms with Crippen molar-refractivity contribution >= 4 is 23.2 Å². The molecule has 0 N–H and O–H groups in total. The van der Waals surface area contributed by atoms with Crippen molar-refractivity contribution in [2.75, 3.05) is 26.2 Å². The van der Waals surface area contributed by atoms with E-state index in [4.69, 9.17) is 9.47 Å². The van der Waals surface area contributed by atoms with Gasteiger partial charge in [-0.25, -0.2) is 4.98 Å². The van der Waals surface area contributed by atoms with Crippen LogP contribution in [0, 0.1) is 18.8 Å². The highest BCUT2D eigenvalue weighted by atomic mass is 32.1. The predicted octanol–water partition coefficient (Wildman–Crippen LogP) is 3.05. The molecule has 184 valence electrons. The van der Waals surface area contributed by atoms with Gasteiger partial charge in [-0.1, -0.05) is 19.9 Å². The average molecular weight is 487 g/mol. The van der Waals surface area contributed by atoms with E-state index in [1.807, 2.05) is 30.5 Å². The third kappa shape index (κ3) is 6.40. The van der Waals surface area contributed by atoms with Crippen molar-refractivity contribution in [1.29, 1.82) is 0 Å². The quantitative estimate of drug-likeness (QED) is 0.598. The van der Waals surface area contributed by atoms with E-state index in [-0.39, 0.29) is 36.5 Å². The smallest absolute Gasteiger partial charge is 0.242 e. The van der Waals surface area contributed by atoms with E-state index >= 15 is 0 Å². The normalized spacial score (nSPS) is 23.9. The number of aromatic nitrogens is 2. The number of carbonyl (C=O) groups excluding carboxylic acids is 2. The molecule has 0 aromatic carbocycles. The summed E-state index contributed by atoms with van der Waals surface area (Å²) in [6.45, 7) is 8.38. The Balaban J connectivity index is 1.48. The molecule has 2 amide bonds. The zero-order chi connectivity index (χ0) is 24.1. The summed E-state index contributed by atoms with van der Waals surface area (Å²) in [6.07, 6.45) is 2.89. The van der Waals surface area contributed by atoms with Crippen LogP contribution in [0.4, 0.5) is 0 Å². The van der Waals surface area contributed by atoms with Crippen LogP contribution >= 0.6 is 11.3 Å². The number of carbonyl (C=O) groups is 2. The molecule has 4 heterocycles. The molecule has 0 bridgehead atoms. The van der Waals surface area contributed by atoms with Crippen LogP contribution in [0.3, 0.4) is 0 Å². The molecule has 2 fully saturated rings. The Kier molecular flexibility index (Phi) is 8.28. The van der Waals surface area contributed by atoms with Crippen molar-refractivity contribution in [2.45, 2.75) is 59.0 Å². The van der Waals surface area contributed by atoms with Crippen molar-refractivity contribution in [1.82, 2.24) is 19.8 Å². The van der Waals surface area contributed by atoms with Gasteiger partial charge in [0.15, 0.2) is 0 Å². The summed E-state index contributed by atoms with van der Waals surface area (Å²) >= 11 is 1.57. The number of aryl methyl sites for hydroxylation is 1. The standard InChI is InChI=1S/C25H34N4O4S/c1-17(2)23-10-19(7-9-32-23)25(31)29-13-22(33-15-20-6-4-5-8-26-20)12-28(24(30)14-29)11-21-16-34-18(3)27-21/h4-6,8,16-17,19,22-23H,7,9-15H2,1-3H3. The zero-order valence-electron chi connectivity index (χ0n) is 20.2. The highest BCUT2D eigenvalue weighted by molar-refractivity contribution is 7.09. The number of pyridine rings is 1. The van der Waals surface area contributed by atoms with E-state index in [2.05, 4.69) is 23.8 Å². The molecule has 8 nitrogen and oxygen atoms in total. The van der Waals surface area contributed by atoms with Gasteiger partial charge in [-0.15, -0.1) is 11.3 Å². The highest BCUT2D eigenvalue weighted by Gasteiger charge is 2.36. The molecule has 4 rings (SSSR count). The van der Waals surface area contributed by atoms with Crippen molar-refractivity contribution in [3.63, 3.8) is 0 Å². The zero-order valence-corrected chi connectivity index (χ0v) is 21.0. The Hall–Kier alpha value is -2.36. The Labute approximate surface area is 205 Å². The second-order valence-electron chi connectivity index (χ2n) is 9.48. The van der Waals surface area contributed by atoms with Gasteiger partial charge in [0, 0.05) is 37.2 Å². The van der Waals surface area contributed by atoms with E-state index in [9.17, 15) is 9.59 Å². The fourth-order valence-corrected chi connectivity index (χ4v) is 5.15. The van der Waals surface area contributed by atoms with Crippen LogP contribution in [0.1, 0.15) is 43.1 Å². The lowest BCUT2D eigenvalue weighted by molar-refractivity contribution is -0.146. The lowest BCUT2D eigenvalue weighted by Crippen LogP contribution is -2.45. The first kappa shape index (κ1) is 24.8. The maximum atomic E-state index is 13.5. The number of nitrogens with zero attached hydrogens (tertiary/aromatic N) is 4. The summed E-state index contributed by atoms with van der Waals surface area (Å²) in [7, 11) is 0. The number of rotatable bonds is 7. The Bertz CT molecular complexity index is 967. The number of hydrogen-bond acceptors (Lipinski definition) is 7. The molecule has 0 saturated carbocycles. The van der Waals surface area contributed by atoms with Crippen molar-refractivity contribution in [3.05, 3.63) is 46.2 Å². The maximum absolute atomic E-state index is 13.5. The van der Waals surface area contributed by atoms with Gasteiger partial charge in [-0.3, -0.25) is 14.6 Å². The summed E-state index contributed by atoms with van der Waals surface area (Å²) in [5.74, 6) is 0.182. The number of hydrogen-bond donors (Lipinski definition) is 0. The maximum Gasteiger partial charge on any atom is 0.242 e. The van der Waals surface area contributed by atoms with Crippen LogP contribution in [-0.4, -0.2) is 70.0 Å². The van der Waals surface area contributed by atoms with E-state index in [0.29, 0.717) is 51.6 Å². The molecular weight excluding hydrogens is 452 g/mol. The second kappa shape index (κ2) is 11.4. The van der Waals surface area contributed by atoms with Gasteiger partial charge in [-0.05, 0) is 37.8 Å². The first-order chi connectivity index (χ1) is 16.4. The molecule has 0 radical (unpaired) electrons. The first-order valence-electron chi connectivity index (χ1n) is 12.0. The van der Waals surface area contributed by atoms with Crippen LogP contribution in [0.2, 0.25) is 0 Å². The van der Waals surface area contributed by atoms with E-state index in [1.54, 1.807) is 27.3 Å². The largest absolute Gasteiger partial charge is 0.378 e. The third-order valence-electron chi connectivity index (χ3n) is 6.46. The van der Waals surface area contributed by atoms with Gasteiger partial charge in [0.05, 0.1) is 48.3 Å². The van der Waals surface area contributed by atoms with Crippen LogP contribution in [-0.2, 0) is 32.2 Å². The lowest BCUT2D eigenvalue weighted by atomic mass is 9.89. The fourth-order valence-electron chi connectivity index (χ4n) is 4.54. The van der Waals surface area contributed by atoms with Crippen molar-refractivity contribution in [3.8, 4) is 0 Å². The SMILES string of the molecule is Cc1nc(CN2CC(OCc3ccccn3)CN(C(=O)C3CCOC(C(C)C)C3)CC2=O)cs1. The summed E-state index contributed by atoms with van der Waals surface area (Å²) < 4.78 is 12.1. The molecular formula is C25H34N4O4S. The molecule has 0 spiro atoms. The molecule has 2 aliphatic rings. The van der Waals surface area contributed by atoms with Crippen LogP contribution in [0.5, 0.6) is 0 Å². The molecule has 9 heteroatoms. The minimum Gasteiger partial charge on any atom is -0.378 e. The van der Waals surface area contributed by atoms with Crippen LogP contribution < -0.4 is 0 Å². The van der Waals surface area contributed by atoms with Crippen molar-refractivity contribution < 1.29 is 19.1 Å². The van der Waals surface area contributed by atoms with Crippen molar-refractivity contribution in [2.24, 2.45) is 11.8 Å². The number of ether oxygens (including phenoxy) is 2. The van der Waals surface area contributed by atoms with E-state index in [1.165, 1.54) is 0 Å². The average Bonchev–Trinajstić information content (AvgIpc) is 3.18. The summed E-state index contributed by atoms with van der Waals surface area (Å²) in [5, 5.41) is 2.95. The summed E-state index contributed by atoms with van der Waals surface area (Å²) in [4.78, 5) is 39.1. The Morgan fingerprint density at radius 2 is 2.15 bits per heavy atom. The van der Waals surface area contributed by atoms with E-state index < -0.39 is 0 Å². The Morgan fingerprint density at radius 3 is 2.85 bits per heavy atom. The minimum absolute atomic E-state index is 0.0279. The summed E-state index contributed by atoms with van der Waals surface area (Å²) in [6, 6.07) is 5.70. The van der Waals surface area contributed by atoms with Gasteiger partial charge < -0.3 is 19.3 Å². The van der Waals surface area contributed by atoms with Crippen LogP contribution in [0.25, 0.3) is 0 Å². The van der Waals surface area contributed by atoms with Gasteiger partial charge in [0.1, 0.15) is 0 Å². The Morgan fingerprint density at radius 1 is 1.29 bits per heavy atom. The highest BCUT2D eigenvalue weighted by Crippen LogP contribution is 2.27. The summed E-state index contributed by atoms with van der Waals surface area (Å²) in [5.41, 5.74) is 1.69. The monoisotopic (exact) mass is 486 g/mol. The first-order valence-corrected chi connectivity index (χ1v) is 12.9.